The molecular formula is C15H17F7N2O2. The number of ether oxygens (including phenoxy) is 1. The normalized spacial score (nSPS) is 19.2. The molecule has 2 rings (SSSR count). The molecule has 0 aliphatic heterocycles. The van der Waals surface area contributed by atoms with Crippen molar-refractivity contribution in [1.82, 2.24) is 9.78 Å². The van der Waals surface area contributed by atoms with Crippen molar-refractivity contribution in [3.63, 3.8) is 0 Å². The van der Waals surface area contributed by atoms with E-state index in [4.69, 9.17) is 0 Å². The molecule has 1 aromatic rings. The first kappa shape index (κ1) is 20.5. The highest BCUT2D eigenvalue weighted by molar-refractivity contribution is 5.90. The van der Waals surface area contributed by atoms with Crippen LogP contribution >= 0.6 is 0 Å². The smallest absolute Gasteiger partial charge is 0.420 e. The first-order chi connectivity index (χ1) is 11.6. The first-order valence-corrected chi connectivity index (χ1v) is 7.71. The van der Waals surface area contributed by atoms with E-state index >= 15 is 0 Å². The molecule has 1 fully saturated rings. The van der Waals surface area contributed by atoms with Crippen LogP contribution < -0.4 is 0 Å². The van der Waals surface area contributed by atoms with E-state index in [0.29, 0.717) is 4.68 Å². The monoisotopic (exact) mass is 390 g/mol. The van der Waals surface area contributed by atoms with E-state index in [1.165, 1.54) is 13.8 Å². The molecule has 0 bridgehead atoms. The highest BCUT2D eigenvalue weighted by Crippen LogP contribution is 2.53. The number of esters is 1. The molecule has 1 heterocycles. The van der Waals surface area contributed by atoms with E-state index < -0.39 is 65.7 Å². The summed E-state index contributed by atoms with van der Waals surface area (Å²) in [6.07, 6.45) is -6.61. The topological polar surface area (TPSA) is 44.1 Å². The zero-order valence-corrected chi connectivity index (χ0v) is 14.2. The van der Waals surface area contributed by atoms with Gasteiger partial charge in [0.1, 0.15) is 11.3 Å². The van der Waals surface area contributed by atoms with Crippen LogP contribution in [0.15, 0.2) is 0 Å². The van der Waals surface area contributed by atoms with Crippen molar-refractivity contribution in [1.29, 1.82) is 0 Å². The maximum Gasteiger partial charge on any atom is 0.420 e. The maximum absolute atomic E-state index is 13.7. The average Bonchev–Trinajstić information content (AvgIpc) is 2.75. The third-order valence-electron chi connectivity index (χ3n) is 4.02. The van der Waals surface area contributed by atoms with Gasteiger partial charge >= 0.3 is 12.1 Å². The molecular weight excluding hydrogens is 373 g/mol. The molecule has 0 saturated heterocycles. The Morgan fingerprint density at radius 3 is 2.15 bits per heavy atom. The third kappa shape index (κ3) is 3.96. The van der Waals surface area contributed by atoms with Crippen molar-refractivity contribution >= 4 is 5.97 Å². The van der Waals surface area contributed by atoms with Crippen LogP contribution in [0.4, 0.5) is 30.7 Å². The van der Waals surface area contributed by atoms with Gasteiger partial charge in [0.15, 0.2) is 5.69 Å². The third-order valence-corrected chi connectivity index (χ3v) is 4.02. The van der Waals surface area contributed by atoms with E-state index in [-0.39, 0.29) is 13.5 Å². The highest BCUT2D eigenvalue weighted by atomic mass is 19.4. The van der Waals surface area contributed by atoms with Crippen LogP contribution in [0.1, 0.15) is 55.4 Å². The lowest BCUT2D eigenvalue weighted by Gasteiger charge is -2.44. The first-order valence-electron chi connectivity index (χ1n) is 7.71. The molecule has 26 heavy (non-hydrogen) atoms. The van der Waals surface area contributed by atoms with E-state index in [9.17, 15) is 35.5 Å². The molecule has 1 saturated carbocycles. The second kappa shape index (κ2) is 6.12. The van der Waals surface area contributed by atoms with Crippen LogP contribution in [0.5, 0.6) is 0 Å². The van der Waals surface area contributed by atoms with Gasteiger partial charge in [0.05, 0.1) is 6.61 Å². The summed E-state index contributed by atoms with van der Waals surface area (Å²) in [6.45, 7) is 2.06. The molecule has 1 aliphatic carbocycles. The number of rotatable bonds is 5. The fraction of sp³-hybridized carbons (Fsp3) is 0.733. The highest BCUT2D eigenvalue weighted by Gasteiger charge is 2.55. The van der Waals surface area contributed by atoms with Gasteiger partial charge in [-0.3, -0.25) is 4.68 Å². The van der Waals surface area contributed by atoms with Gasteiger partial charge in [0.25, 0.3) is 5.92 Å². The maximum atomic E-state index is 13.7. The summed E-state index contributed by atoms with van der Waals surface area (Å²) in [4.78, 5) is 12.0. The lowest BCUT2D eigenvalue weighted by Crippen LogP contribution is -2.47. The standard InChI is InChI=1S/C15H17F7N2O2/c1-4-26-11(25)9-8(15(20,21)22)10(13(3,16)17)23-24(9)7-12(2)5-14(18,19)6-12/h4-7H2,1-3H3. The van der Waals surface area contributed by atoms with Gasteiger partial charge in [0.2, 0.25) is 5.92 Å². The van der Waals surface area contributed by atoms with Gasteiger partial charge in [-0.05, 0) is 12.3 Å². The van der Waals surface area contributed by atoms with Gasteiger partial charge in [-0.15, -0.1) is 0 Å². The quantitative estimate of drug-likeness (QED) is 0.544. The number of hydrogen-bond donors (Lipinski definition) is 0. The molecule has 0 spiro atoms. The van der Waals surface area contributed by atoms with Crippen LogP contribution in [-0.4, -0.2) is 28.3 Å². The van der Waals surface area contributed by atoms with Gasteiger partial charge in [-0.1, -0.05) is 6.92 Å². The van der Waals surface area contributed by atoms with Crippen molar-refractivity contribution in [3.8, 4) is 0 Å². The number of halogens is 7. The Bertz CT molecular complexity index is 696. The minimum Gasteiger partial charge on any atom is -0.461 e. The zero-order valence-electron chi connectivity index (χ0n) is 14.2. The van der Waals surface area contributed by atoms with Crippen LogP contribution in [0.2, 0.25) is 0 Å². The van der Waals surface area contributed by atoms with Gasteiger partial charge in [-0.2, -0.15) is 27.1 Å². The minimum absolute atomic E-state index is 0.211. The lowest BCUT2D eigenvalue weighted by molar-refractivity contribution is -0.160. The van der Waals surface area contributed by atoms with Crippen molar-refractivity contribution in [2.45, 2.75) is 58.2 Å². The summed E-state index contributed by atoms with van der Waals surface area (Å²) in [5.74, 6) is -8.48. The van der Waals surface area contributed by atoms with Crippen LogP contribution in [0, 0.1) is 5.41 Å². The number of carbonyl (C=O) groups excluding carboxylic acids is 1. The van der Waals surface area contributed by atoms with E-state index in [1.807, 2.05) is 0 Å². The molecule has 0 aromatic carbocycles. The lowest BCUT2D eigenvalue weighted by atomic mass is 9.67. The Kier molecular flexibility index (Phi) is 4.83. The summed E-state index contributed by atoms with van der Waals surface area (Å²) >= 11 is 0. The fourth-order valence-electron chi connectivity index (χ4n) is 3.23. The second-order valence-corrected chi connectivity index (χ2v) is 6.86. The minimum atomic E-state index is -5.31. The average molecular weight is 390 g/mol. The predicted molar refractivity (Wildman–Crippen MR) is 75.0 cm³/mol. The van der Waals surface area contributed by atoms with Crippen molar-refractivity contribution in [2.75, 3.05) is 6.61 Å². The van der Waals surface area contributed by atoms with E-state index in [1.54, 1.807) is 0 Å². The summed E-state index contributed by atoms with van der Waals surface area (Å²) < 4.78 is 98.8. The molecule has 1 aliphatic rings. The fourth-order valence-corrected chi connectivity index (χ4v) is 3.23. The Hall–Kier alpha value is -1.81. The Balaban J connectivity index is 2.60. The van der Waals surface area contributed by atoms with Gasteiger partial charge in [0, 0.05) is 26.3 Å². The predicted octanol–water partition coefficient (Wildman–Crippen LogP) is 4.63. The molecule has 148 valence electrons. The number of nitrogens with zero attached hydrogens (tertiary/aromatic N) is 2. The van der Waals surface area contributed by atoms with Crippen molar-refractivity contribution in [3.05, 3.63) is 17.0 Å². The van der Waals surface area contributed by atoms with Gasteiger partial charge < -0.3 is 4.74 Å². The van der Waals surface area contributed by atoms with Crippen LogP contribution in [0.3, 0.4) is 0 Å². The van der Waals surface area contributed by atoms with E-state index in [0.717, 1.165) is 0 Å². The summed E-state index contributed by atoms with van der Waals surface area (Å²) in [6, 6.07) is 0. The second-order valence-electron chi connectivity index (χ2n) is 6.86. The summed E-state index contributed by atoms with van der Waals surface area (Å²) in [5, 5.41) is 3.27. The molecule has 0 N–H and O–H groups in total. The van der Waals surface area contributed by atoms with E-state index in [2.05, 4.69) is 9.84 Å². The van der Waals surface area contributed by atoms with Crippen molar-refractivity contribution < 1.29 is 40.3 Å². The number of carbonyl (C=O) groups is 1. The number of aromatic nitrogens is 2. The molecule has 11 heteroatoms. The molecule has 0 unspecified atom stereocenters. The zero-order chi connectivity index (χ0) is 20.1. The molecule has 0 amide bonds. The van der Waals surface area contributed by atoms with Gasteiger partial charge in [-0.25, -0.2) is 13.6 Å². The Morgan fingerprint density at radius 2 is 1.77 bits per heavy atom. The Morgan fingerprint density at radius 1 is 1.23 bits per heavy atom. The summed E-state index contributed by atoms with van der Waals surface area (Å²) in [5.41, 5.74) is -5.92. The number of hydrogen-bond acceptors (Lipinski definition) is 3. The number of alkyl halides is 7. The van der Waals surface area contributed by atoms with Crippen LogP contribution in [-0.2, 0) is 23.4 Å². The molecule has 1 aromatic heterocycles. The SMILES string of the molecule is CCOC(=O)c1c(C(F)(F)F)c(C(C)(F)F)nn1CC1(C)CC(F)(F)C1. The largest absolute Gasteiger partial charge is 0.461 e. The van der Waals surface area contributed by atoms with Crippen molar-refractivity contribution in [2.24, 2.45) is 5.41 Å². The Labute approximate surface area is 144 Å². The molecule has 0 atom stereocenters. The molecule has 0 radical (unpaired) electrons. The summed E-state index contributed by atoms with van der Waals surface area (Å²) in [7, 11) is 0. The molecule has 4 nitrogen and oxygen atoms in total. The van der Waals surface area contributed by atoms with Crippen LogP contribution in [0.25, 0.3) is 0 Å².